The van der Waals surface area contributed by atoms with Gasteiger partial charge in [0.25, 0.3) is 0 Å². The molecule has 13 heavy (non-hydrogen) atoms. The molecule has 0 saturated carbocycles. The summed E-state index contributed by atoms with van der Waals surface area (Å²) in [5, 5.41) is 3.28. The predicted molar refractivity (Wildman–Crippen MR) is 51.0 cm³/mol. The lowest BCUT2D eigenvalue weighted by molar-refractivity contribution is 0.321. The Morgan fingerprint density at radius 1 is 1.46 bits per heavy atom. The van der Waals surface area contributed by atoms with E-state index in [9.17, 15) is 8.42 Å². The zero-order valence-electron chi connectivity index (χ0n) is 7.86. The summed E-state index contributed by atoms with van der Waals surface area (Å²) in [5.74, 6) is 0.343. The molecule has 0 radical (unpaired) electrons. The topological polar surface area (TPSA) is 49.4 Å². The maximum atomic E-state index is 11.6. The minimum absolute atomic E-state index is 0.201. The average Bonchev–Trinajstić information content (AvgIpc) is 2.56. The molecule has 2 unspecified atom stereocenters. The van der Waals surface area contributed by atoms with Gasteiger partial charge < -0.3 is 5.32 Å². The first-order valence-electron chi connectivity index (χ1n) is 4.84. The molecule has 2 rings (SSSR count). The van der Waals surface area contributed by atoms with Gasteiger partial charge in [-0.05, 0) is 26.3 Å². The van der Waals surface area contributed by atoms with E-state index >= 15 is 0 Å². The average molecular weight is 204 g/mol. The van der Waals surface area contributed by atoms with Crippen LogP contribution >= 0.6 is 0 Å². The summed E-state index contributed by atoms with van der Waals surface area (Å²) in [7, 11) is -2.91. The Kier molecular flexibility index (Phi) is 2.33. The zero-order chi connectivity index (χ0) is 9.47. The predicted octanol–water partition coefficient (Wildman–Crippen LogP) is -0.228. The number of nitrogens with zero attached hydrogens (tertiary/aromatic N) is 1. The van der Waals surface area contributed by atoms with Gasteiger partial charge in [-0.3, -0.25) is 0 Å². The highest BCUT2D eigenvalue weighted by Crippen LogP contribution is 2.23. The highest BCUT2D eigenvalue weighted by atomic mass is 32.2. The van der Waals surface area contributed by atoms with E-state index in [-0.39, 0.29) is 6.04 Å². The third kappa shape index (κ3) is 1.60. The lowest BCUT2D eigenvalue weighted by Gasteiger charge is -2.25. The van der Waals surface area contributed by atoms with Crippen molar-refractivity contribution in [3.8, 4) is 0 Å². The summed E-state index contributed by atoms with van der Waals surface area (Å²) in [6.45, 7) is 3.72. The Bertz CT molecular complexity index is 289. The monoisotopic (exact) mass is 204 g/mol. The van der Waals surface area contributed by atoms with E-state index in [4.69, 9.17) is 0 Å². The van der Waals surface area contributed by atoms with Crippen LogP contribution in [0.5, 0.6) is 0 Å². The van der Waals surface area contributed by atoms with Gasteiger partial charge in [0.05, 0.1) is 5.75 Å². The summed E-state index contributed by atoms with van der Waals surface area (Å²) in [6, 6.07) is 0.514. The van der Waals surface area contributed by atoms with Gasteiger partial charge in [-0.1, -0.05) is 0 Å². The minimum Gasteiger partial charge on any atom is -0.313 e. The van der Waals surface area contributed by atoms with E-state index in [2.05, 4.69) is 12.2 Å². The molecule has 0 amide bonds. The maximum absolute atomic E-state index is 11.6. The van der Waals surface area contributed by atoms with Gasteiger partial charge in [0.1, 0.15) is 0 Å². The van der Waals surface area contributed by atoms with E-state index < -0.39 is 10.0 Å². The van der Waals surface area contributed by atoms with Crippen LogP contribution in [-0.2, 0) is 10.0 Å². The van der Waals surface area contributed by atoms with E-state index in [0.29, 0.717) is 11.8 Å². The third-order valence-electron chi connectivity index (χ3n) is 2.99. The fourth-order valence-corrected chi connectivity index (χ4v) is 4.11. The van der Waals surface area contributed by atoms with Crippen molar-refractivity contribution in [2.24, 2.45) is 0 Å². The first-order chi connectivity index (χ1) is 6.11. The van der Waals surface area contributed by atoms with Crippen LogP contribution in [0.4, 0.5) is 0 Å². The molecule has 76 valence electrons. The van der Waals surface area contributed by atoms with Crippen LogP contribution in [0, 0.1) is 0 Å². The Morgan fingerprint density at radius 3 is 2.69 bits per heavy atom. The summed E-state index contributed by atoms with van der Waals surface area (Å²) in [4.78, 5) is 0. The molecule has 2 aliphatic rings. The molecular formula is C8H16N2O2S. The lowest BCUT2D eigenvalue weighted by atomic mass is 10.1. The third-order valence-corrected chi connectivity index (χ3v) is 4.96. The first kappa shape index (κ1) is 9.43. The van der Waals surface area contributed by atoms with E-state index in [1.165, 1.54) is 0 Å². The fourth-order valence-electron chi connectivity index (χ4n) is 2.27. The smallest absolute Gasteiger partial charge is 0.214 e. The van der Waals surface area contributed by atoms with Gasteiger partial charge in [-0.2, -0.15) is 4.31 Å². The standard InChI is InChI=1S/C8H16N2O2S/c1-7-8(3-4-9-7)10-5-2-6-13(10,11)12/h7-9H,2-6H2,1H3. The number of hydrogen-bond donors (Lipinski definition) is 1. The summed E-state index contributed by atoms with van der Waals surface area (Å²) < 4.78 is 24.9. The van der Waals surface area contributed by atoms with Crippen molar-refractivity contribution in [3.63, 3.8) is 0 Å². The second kappa shape index (κ2) is 3.22. The van der Waals surface area contributed by atoms with Crippen molar-refractivity contribution >= 4 is 10.0 Å². The van der Waals surface area contributed by atoms with E-state index in [1.807, 2.05) is 0 Å². The number of sulfonamides is 1. The number of nitrogens with one attached hydrogen (secondary N) is 1. The van der Waals surface area contributed by atoms with Crippen molar-refractivity contribution in [1.82, 2.24) is 9.62 Å². The molecule has 0 aromatic rings. The van der Waals surface area contributed by atoms with Gasteiger partial charge >= 0.3 is 0 Å². The maximum Gasteiger partial charge on any atom is 0.214 e. The van der Waals surface area contributed by atoms with Gasteiger partial charge in [0.2, 0.25) is 10.0 Å². The van der Waals surface area contributed by atoms with Gasteiger partial charge in [-0.15, -0.1) is 0 Å². The van der Waals surface area contributed by atoms with Crippen LogP contribution in [0.2, 0.25) is 0 Å². The van der Waals surface area contributed by atoms with Crippen molar-refractivity contribution in [3.05, 3.63) is 0 Å². The highest BCUT2D eigenvalue weighted by Gasteiger charge is 2.38. The molecule has 5 heteroatoms. The SMILES string of the molecule is CC1NCCC1N1CCCS1(=O)=O. The molecule has 2 atom stereocenters. The molecule has 0 bridgehead atoms. The van der Waals surface area contributed by atoms with Crippen LogP contribution in [0.15, 0.2) is 0 Å². The summed E-state index contributed by atoms with van der Waals surface area (Å²) in [5.41, 5.74) is 0. The zero-order valence-corrected chi connectivity index (χ0v) is 8.68. The molecule has 0 aromatic carbocycles. The van der Waals surface area contributed by atoms with E-state index in [1.54, 1.807) is 4.31 Å². The minimum atomic E-state index is -2.91. The molecule has 2 saturated heterocycles. The van der Waals surface area contributed by atoms with Crippen molar-refractivity contribution in [2.75, 3.05) is 18.8 Å². The van der Waals surface area contributed by atoms with Crippen molar-refractivity contribution in [2.45, 2.75) is 31.8 Å². The Balaban J connectivity index is 2.16. The highest BCUT2D eigenvalue weighted by molar-refractivity contribution is 7.89. The second-order valence-electron chi connectivity index (χ2n) is 3.88. The molecule has 0 aliphatic carbocycles. The number of rotatable bonds is 1. The van der Waals surface area contributed by atoms with E-state index in [0.717, 1.165) is 25.9 Å². The largest absolute Gasteiger partial charge is 0.313 e. The van der Waals surface area contributed by atoms with Crippen molar-refractivity contribution < 1.29 is 8.42 Å². The lowest BCUT2D eigenvalue weighted by Crippen LogP contribution is -2.43. The Morgan fingerprint density at radius 2 is 2.23 bits per heavy atom. The molecule has 1 N–H and O–H groups in total. The Hall–Kier alpha value is -0.130. The molecule has 2 aliphatic heterocycles. The van der Waals surface area contributed by atoms with Crippen LogP contribution in [0.1, 0.15) is 19.8 Å². The quantitative estimate of drug-likeness (QED) is 0.642. The molecular weight excluding hydrogens is 188 g/mol. The summed E-state index contributed by atoms with van der Waals surface area (Å²) >= 11 is 0. The van der Waals surface area contributed by atoms with Gasteiger partial charge in [0, 0.05) is 18.6 Å². The van der Waals surface area contributed by atoms with Gasteiger partial charge in [-0.25, -0.2) is 8.42 Å². The Labute approximate surface area is 79.4 Å². The fraction of sp³-hybridized carbons (Fsp3) is 1.00. The molecule has 4 nitrogen and oxygen atoms in total. The molecule has 0 aromatic heterocycles. The van der Waals surface area contributed by atoms with Crippen LogP contribution in [-0.4, -0.2) is 43.6 Å². The second-order valence-corrected chi connectivity index (χ2v) is 5.92. The molecule has 0 spiro atoms. The normalized spacial score (nSPS) is 39.8. The molecule has 2 fully saturated rings. The van der Waals surface area contributed by atoms with Crippen LogP contribution in [0.25, 0.3) is 0 Å². The summed E-state index contributed by atoms with van der Waals surface area (Å²) in [6.07, 6.45) is 1.76. The van der Waals surface area contributed by atoms with Gasteiger partial charge in [0.15, 0.2) is 0 Å². The number of hydrogen-bond acceptors (Lipinski definition) is 3. The van der Waals surface area contributed by atoms with Crippen LogP contribution in [0.3, 0.4) is 0 Å². The van der Waals surface area contributed by atoms with Crippen LogP contribution < -0.4 is 5.32 Å². The first-order valence-corrected chi connectivity index (χ1v) is 6.45. The van der Waals surface area contributed by atoms with Crippen molar-refractivity contribution in [1.29, 1.82) is 0 Å². The molecule has 2 heterocycles.